The molecule has 1 amide bonds. The van der Waals surface area contributed by atoms with Crippen molar-refractivity contribution in [1.29, 1.82) is 0 Å². The Bertz CT molecular complexity index is 693. The molecule has 2 aromatic heterocycles. The number of pyridine rings is 1. The van der Waals surface area contributed by atoms with Crippen molar-refractivity contribution in [3.05, 3.63) is 36.4 Å². The van der Waals surface area contributed by atoms with Crippen molar-refractivity contribution in [2.24, 2.45) is 5.92 Å². The number of likely N-dealkylation sites (tertiary alicyclic amines) is 1. The van der Waals surface area contributed by atoms with E-state index in [1.54, 1.807) is 12.4 Å². The van der Waals surface area contributed by atoms with Crippen molar-refractivity contribution >= 4 is 5.91 Å². The molecule has 24 heavy (non-hydrogen) atoms. The Morgan fingerprint density at radius 1 is 1.33 bits per heavy atom. The highest BCUT2D eigenvalue weighted by atomic mass is 16.2. The van der Waals surface area contributed by atoms with Gasteiger partial charge in [0, 0.05) is 49.4 Å². The van der Waals surface area contributed by atoms with Gasteiger partial charge in [-0.3, -0.25) is 9.78 Å². The van der Waals surface area contributed by atoms with Gasteiger partial charge in [0.2, 0.25) is 5.91 Å². The molecule has 0 saturated carbocycles. The Balaban J connectivity index is 1.84. The number of carbonyl (C=O) groups excluding carboxylic acids is 1. The van der Waals surface area contributed by atoms with E-state index in [0.29, 0.717) is 18.4 Å². The molecule has 5 nitrogen and oxygen atoms in total. The topological polar surface area (TPSA) is 51.0 Å². The number of imidazole rings is 1. The molecule has 2 aromatic rings. The van der Waals surface area contributed by atoms with Gasteiger partial charge in [0.15, 0.2) is 0 Å². The van der Waals surface area contributed by atoms with Crippen molar-refractivity contribution < 1.29 is 4.79 Å². The molecule has 5 heteroatoms. The summed E-state index contributed by atoms with van der Waals surface area (Å²) in [7, 11) is 0. The standard InChI is InChI=1S/C19H26N4O/c1-14(2)11-18(24)22-10-4-5-17(13-22)23-15(3)12-21-19(23)16-6-8-20-9-7-16/h6-9,12,14,17H,4-5,10-11,13H2,1-3H3. The predicted octanol–water partition coefficient (Wildman–Crippen LogP) is 3.46. The second-order valence-electron chi connectivity index (χ2n) is 7.06. The molecular weight excluding hydrogens is 300 g/mol. The monoisotopic (exact) mass is 326 g/mol. The maximum absolute atomic E-state index is 12.5. The molecular formula is C19H26N4O. The fraction of sp³-hybridized carbons (Fsp3) is 0.526. The summed E-state index contributed by atoms with van der Waals surface area (Å²) in [5, 5.41) is 0. The molecule has 0 radical (unpaired) electrons. The Morgan fingerprint density at radius 2 is 2.08 bits per heavy atom. The molecule has 1 fully saturated rings. The number of hydrogen-bond donors (Lipinski definition) is 0. The van der Waals surface area contributed by atoms with Crippen molar-refractivity contribution in [3.8, 4) is 11.4 Å². The third-order valence-corrected chi connectivity index (χ3v) is 4.62. The molecule has 0 N–H and O–H groups in total. The first-order valence-electron chi connectivity index (χ1n) is 8.78. The minimum Gasteiger partial charge on any atom is -0.341 e. The van der Waals surface area contributed by atoms with Crippen molar-refractivity contribution in [2.75, 3.05) is 13.1 Å². The summed E-state index contributed by atoms with van der Waals surface area (Å²) >= 11 is 0. The first-order chi connectivity index (χ1) is 11.6. The number of piperidine rings is 1. The predicted molar refractivity (Wildman–Crippen MR) is 94.5 cm³/mol. The van der Waals surface area contributed by atoms with Crippen LogP contribution in [0.25, 0.3) is 11.4 Å². The average molecular weight is 326 g/mol. The Kier molecular flexibility index (Phi) is 4.97. The third-order valence-electron chi connectivity index (χ3n) is 4.62. The van der Waals surface area contributed by atoms with Gasteiger partial charge < -0.3 is 9.47 Å². The van der Waals surface area contributed by atoms with Crippen LogP contribution in [0.1, 0.15) is 44.8 Å². The smallest absolute Gasteiger partial charge is 0.222 e. The van der Waals surface area contributed by atoms with Gasteiger partial charge in [0.25, 0.3) is 0 Å². The second kappa shape index (κ2) is 7.16. The summed E-state index contributed by atoms with van der Waals surface area (Å²) in [6, 6.07) is 4.27. The highest BCUT2D eigenvalue weighted by Gasteiger charge is 2.27. The molecule has 128 valence electrons. The molecule has 1 aliphatic heterocycles. The van der Waals surface area contributed by atoms with E-state index in [-0.39, 0.29) is 5.91 Å². The quantitative estimate of drug-likeness (QED) is 0.864. The normalized spacial score (nSPS) is 18.2. The van der Waals surface area contributed by atoms with E-state index < -0.39 is 0 Å². The zero-order valence-electron chi connectivity index (χ0n) is 14.8. The SMILES string of the molecule is Cc1cnc(-c2ccncc2)n1C1CCCN(C(=O)CC(C)C)C1. The highest BCUT2D eigenvalue weighted by molar-refractivity contribution is 5.76. The van der Waals surface area contributed by atoms with Crippen LogP contribution < -0.4 is 0 Å². The van der Waals surface area contributed by atoms with Crippen LogP contribution in [0.4, 0.5) is 0 Å². The average Bonchev–Trinajstić information content (AvgIpc) is 2.97. The summed E-state index contributed by atoms with van der Waals surface area (Å²) in [4.78, 5) is 23.2. The number of aromatic nitrogens is 3. The van der Waals surface area contributed by atoms with E-state index >= 15 is 0 Å². The van der Waals surface area contributed by atoms with Crippen LogP contribution in [0.3, 0.4) is 0 Å². The maximum atomic E-state index is 12.5. The van der Waals surface area contributed by atoms with Crippen LogP contribution >= 0.6 is 0 Å². The van der Waals surface area contributed by atoms with Crippen LogP contribution in [0, 0.1) is 12.8 Å². The molecule has 1 aliphatic rings. The second-order valence-corrected chi connectivity index (χ2v) is 7.06. The van der Waals surface area contributed by atoms with Crippen molar-refractivity contribution in [3.63, 3.8) is 0 Å². The van der Waals surface area contributed by atoms with Gasteiger partial charge in [0.1, 0.15) is 5.82 Å². The molecule has 0 spiro atoms. The zero-order chi connectivity index (χ0) is 17.1. The minimum atomic E-state index is 0.276. The van der Waals surface area contributed by atoms with E-state index in [9.17, 15) is 4.79 Å². The van der Waals surface area contributed by atoms with Gasteiger partial charge in [-0.25, -0.2) is 4.98 Å². The Hall–Kier alpha value is -2.17. The maximum Gasteiger partial charge on any atom is 0.222 e. The molecule has 3 rings (SSSR count). The van der Waals surface area contributed by atoms with E-state index in [0.717, 1.165) is 43.0 Å². The van der Waals surface area contributed by atoms with Crippen LogP contribution in [0.15, 0.2) is 30.7 Å². The summed E-state index contributed by atoms with van der Waals surface area (Å²) < 4.78 is 2.30. The molecule has 1 atom stereocenters. The third kappa shape index (κ3) is 3.50. The number of amides is 1. The van der Waals surface area contributed by atoms with Gasteiger partial charge in [-0.1, -0.05) is 13.8 Å². The van der Waals surface area contributed by atoms with Gasteiger partial charge in [0.05, 0.1) is 6.04 Å². The van der Waals surface area contributed by atoms with Crippen LogP contribution in [-0.4, -0.2) is 38.4 Å². The first-order valence-corrected chi connectivity index (χ1v) is 8.78. The summed E-state index contributed by atoms with van der Waals surface area (Å²) in [5.41, 5.74) is 2.22. The highest BCUT2D eigenvalue weighted by Crippen LogP contribution is 2.29. The number of aryl methyl sites for hydroxylation is 1. The lowest BCUT2D eigenvalue weighted by Gasteiger charge is -2.35. The molecule has 0 bridgehead atoms. The minimum absolute atomic E-state index is 0.276. The summed E-state index contributed by atoms with van der Waals surface area (Å²) in [6.45, 7) is 7.94. The van der Waals surface area contributed by atoms with Gasteiger partial charge in [-0.2, -0.15) is 0 Å². The van der Waals surface area contributed by atoms with Gasteiger partial charge in [-0.15, -0.1) is 0 Å². The van der Waals surface area contributed by atoms with Gasteiger partial charge >= 0.3 is 0 Å². The van der Waals surface area contributed by atoms with E-state index in [1.165, 1.54) is 0 Å². The molecule has 3 heterocycles. The number of rotatable bonds is 4. The lowest BCUT2D eigenvalue weighted by Crippen LogP contribution is -2.41. The summed E-state index contributed by atoms with van der Waals surface area (Å²) in [5.74, 6) is 1.65. The van der Waals surface area contributed by atoms with Gasteiger partial charge in [-0.05, 0) is 37.8 Å². The molecule has 1 unspecified atom stereocenters. The van der Waals surface area contributed by atoms with Crippen LogP contribution in [0.2, 0.25) is 0 Å². The van der Waals surface area contributed by atoms with E-state index in [4.69, 9.17) is 0 Å². The molecule has 1 saturated heterocycles. The molecule has 0 aliphatic carbocycles. The van der Waals surface area contributed by atoms with E-state index in [2.05, 4.69) is 35.3 Å². The zero-order valence-corrected chi connectivity index (χ0v) is 14.8. The van der Waals surface area contributed by atoms with Crippen LogP contribution in [-0.2, 0) is 4.79 Å². The Morgan fingerprint density at radius 3 is 2.79 bits per heavy atom. The first kappa shape index (κ1) is 16.7. The molecule has 0 aromatic carbocycles. The van der Waals surface area contributed by atoms with Crippen LogP contribution in [0.5, 0.6) is 0 Å². The van der Waals surface area contributed by atoms with Crippen molar-refractivity contribution in [1.82, 2.24) is 19.4 Å². The number of carbonyl (C=O) groups is 1. The fourth-order valence-corrected chi connectivity index (χ4v) is 3.49. The van der Waals surface area contributed by atoms with E-state index in [1.807, 2.05) is 23.2 Å². The fourth-order valence-electron chi connectivity index (χ4n) is 3.49. The number of nitrogens with zero attached hydrogens (tertiary/aromatic N) is 4. The van der Waals surface area contributed by atoms with Crippen molar-refractivity contribution in [2.45, 2.75) is 46.1 Å². The lowest BCUT2D eigenvalue weighted by atomic mass is 10.0. The largest absolute Gasteiger partial charge is 0.341 e. The Labute approximate surface area is 143 Å². The lowest BCUT2D eigenvalue weighted by molar-refractivity contribution is -0.133. The number of hydrogen-bond acceptors (Lipinski definition) is 3. The summed E-state index contributed by atoms with van der Waals surface area (Å²) in [6.07, 6.45) is 8.27.